The summed E-state index contributed by atoms with van der Waals surface area (Å²) >= 11 is 0. The monoisotopic (exact) mass is 419 g/mol. The van der Waals surface area contributed by atoms with Crippen LogP contribution in [-0.2, 0) is 17.7 Å². The van der Waals surface area contributed by atoms with Crippen LogP contribution in [0.25, 0.3) is 0 Å². The van der Waals surface area contributed by atoms with Gasteiger partial charge in [-0.25, -0.2) is 0 Å². The predicted octanol–water partition coefficient (Wildman–Crippen LogP) is 6.21. The van der Waals surface area contributed by atoms with Crippen molar-refractivity contribution in [3.05, 3.63) is 70.0 Å². The van der Waals surface area contributed by atoms with Crippen molar-refractivity contribution in [3.63, 3.8) is 0 Å². The molecule has 1 heterocycles. The number of carbonyl (C=O) groups is 1. The zero-order valence-corrected chi connectivity index (χ0v) is 19.7. The van der Waals surface area contributed by atoms with Gasteiger partial charge in [0.05, 0.1) is 7.11 Å². The molecule has 1 amide bonds. The van der Waals surface area contributed by atoms with Crippen molar-refractivity contribution in [1.29, 1.82) is 0 Å². The van der Waals surface area contributed by atoms with E-state index in [0.717, 1.165) is 23.3 Å². The fourth-order valence-corrected chi connectivity index (χ4v) is 5.77. The lowest BCUT2D eigenvalue weighted by Crippen LogP contribution is -2.22. The predicted molar refractivity (Wildman–Crippen MR) is 127 cm³/mol. The smallest absolute Gasteiger partial charge is 0.251 e. The number of amides is 1. The summed E-state index contributed by atoms with van der Waals surface area (Å²) in [7, 11) is 1.75. The Morgan fingerprint density at radius 2 is 1.87 bits per heavy atom. The lowest BCUT2D eigenvalue weighted by molar-refractivity contribution is 0.0965. The average Bonchev–Trinajstić information content (AvgIpc) is 2.99. The number of fused-ring (bicyclic) bond motifs is 1. The minimum Gasteiger partial charge on any atom is -0.497 e. The molecule has 0 bridgehead atoms. The topological polar surface area (TPSA) is 38.3 Å². The Kier molecular flexibility index (Phi) is 6.41. The van der Waals surface area contributed by atoms with Gasteiger partial charge in [0.2, 0.25) is 0 Å². The van der Waals surface area contributed by atoms with Gasteiger partial charge in [0, 0.05) is 12.1 Å². The first-order valence-electron chi connectivity index (χ1n) is 11.9. The Labute approximate surface area is 187 Å². The van der Waals surface area contributed by atoms with E-state index >= 15 is 0 Å². The largest absolute Gasteiger partial charge is 0.497 e. The maximum atomic E-state index is 11.9. The lowest BCUT2D eigenvalue weighted by Gasteiger charge is -2.31. The number of methoxy groups -OCH3 is 1. The molecule has 3 unspecified atom stereocenters. The molecule has 0 saturated heterocycles. The summed E-state index contributed by atoms with van der Waals surface area (Å²) in [5.41, 5.74) is 6.34. The van der Waals surface area contributed by atoms with Crippen molar-refractivity contribution in [2.24, 2.45) is 29.6 Å². The molecule has 5 atom stereocenters. The third-order valence-electron chi connectivity index (χ3n) is 8.13. The van der Waals surface area contributed by atoms with Crippen LogP contribution in [0.1, 0.15) is 68.4 Å². The van der Waals surface area contributed by atoms with Crippen molar-refractivity contribution < 1.29 is 9.53 Å². The van der Waals surface area contributed by atoms with E-state index in [4.69, 9.17) is 4.74 Å². The molecule has 31 heavy (non-hydrogen) atoms. The second-order valence-corrected chi connectivity index (χ2v) is 10.1. The number of allylic oxidation sites excluding steroid dienone is 5. The third-order valence-corrected chi connectivity index (χ3v) is 8.13. The zero-order chi connectivity index (χ0) is 22.1. The van der Waals surface area contributed by atoms with E-state index in [2.05, 4.69) is 63.4 Å². The van der Waals surface area contributed by atoms with E-state index in [1.54, 1.807) is 12.7 Å². The summed E-state index contributed by atoms with van der Waals surface area (Å²) in [6.07, 6.45) is 11.6. The molecule has 3 aliphatic rings. The highest BCUT2D eigenvalue weighted by molar-refractivity contribution is 5.98. The molecule has 0 spiro atoms. The maximum Gasteiger partial charge on any atom is 0.251 e. The molecule has 1 aromatic carbocycles. The molecular formula is C28H37NO2. The van der Waals surface area contributed by atoms with Gasteiger partial charge < -0.3 is 10.1 Å². The first-order chi connectivity index (χ1) is 14.9. The van der Waals surface area contributed by atoms with Crippen LogP contribution in [0, 0.1) is 29.6 Å². The summed E-state index contributed by atoms with van der Waals surface area (Å²) in [6, 6.07) is 6.46. The second-order valence-electron chi connectivity index (χ2n) is 10.1. The molecule has 1 aromatic rings. The van der Waals surface area contributed by atoms with E-state index < -0.39 is 0 Å². The standard InChI is InChI=1S/C28H37NO2/c1-17-6-7-18(2)27(25-11-9-24(31-5)12-19(3)20(25)4)15-22(17)13-21-8-10-26-23(14-21)16-29-28(26)30/h8-12,14,17-18,20,22,27H,6-7,13,15-16H2,1-5H3,(H,29,30)/t17?,18-,20?,22?,27-/m0/s1. The highest BCUT2D eigenvalue weighted by Gasteiger charge is 2.34. The SMILES string of the molecule is COC1=CC=C([C@H]2CC(Cc3ccc4c(c3)CNC4=O)C(C)CC[C@@H]2C)C(C)C(C)=C1. The van der Waals surface area contributed by atoms with Gasteiger partial charge in [0.25, 0.3) is 5.91 Å². The number of hydrogen-bond acceptors (Lipinski definition) is 2. The summed E-state index contributed by atoms with van der Waals surface area (Å²) < 4.78 is 5.55. The van der Waals surface area contributed by atoms with Gasteiger partial charge in [0.1, 0.15) is 5.76 Å². The maximum absolute atomic E-state index is 11.9. The molecule has 1 fully saturated rings. The van der Waals surface area contributed by atoms with E-state index in [-0.39, 0.29) is 5.91 Å². The average molecular weight is 420 g/mol. The van der Waals surface area contributed by atoms with Crippen molar-refractivity contribution in [2.45, 2.75) is 59.9 Å². The summed E-state index contributed by atoms with van der Waals surface area (Å²) in [5.74, 6) is 4.12. The van der Waals surface area contributed by atoms with Gasteiger partial charge in [-0.1, -0.05) is 56.5 Å². The lowest BCUT2D eigenvalue weighted by atomic mass is 9.73. The minimum atomic E-state index is 0.0690. The van der Waals surface area contributed by atoms with Crippen LogP contribution in [0.5, 0.6) is 0 Å². The Hall–Kier alpha value is -2.29. The van der Waals surface area contributed by atoms with Crippen molar-refractivity contribution in [3.8, 4) is 0 Å². The first kappa shape index (κ1) is 21.9. The van der Waals surface area contributed by atoms with E-state index in [1.165, 1.54) is 30.4 Å². The minimum absolute atomic E-state index is 0.0690. The van der Waals surface area contributed by atoms with E-state index in [0.29, 0.717) is 36.1 Å². The fraction of sp³-hybridized carbons (Fsp3) is 0.536. The summed E-state index contributed by atoms with van der Waals surface area (Å²) in [6.45, 7) is 10.1. The van der Waals surface area contributed by atoms with Crippen LogP contribution in [0.3, 0.4) is 0 Å². The highest BCUT2D eigenvalue weighted by Crippen LogP contribution is 2.44. The first-order valence-corrected chi connectivity index (χ1v) is 11.9. The van der Waals surface area contributed by atoms with Crippen LogP contribution in [-0.4, -0.2) is 13.0 Å². The summed E-state index contributed by atoms with van der Waals surface area (Å²) in [4.78, 5) is 11.9. The molecule has 3 nitrogen and oxygen atoms in total. The van der Waals surface area contributed by atoms with Crippen LogP contribution >= 0.6 is 0 Å². The molecule has 1 saturated carbocycles. The highest BCUT2D eigenvalue weighted by atomic mass is 16.5. The van der Waals surface area contributed by atoms with Crippen molar-refractivity contribution >= 4 is 5.91 Å². The molecule has 3 heteroatoms. The number of rotatable bonds is 4. The normalized spacial score (nSPS) is 30.9. The second kappa shape index (κ2) is 9.06. The van der Waals surface area contributed by atoms with Crippen molar-refractivity contribution in [1.82, 2.24) is 5.32 Å². The van der Waals surface area contributed by atoms with Crippen LogP contribution in [0.2, 0.25) is 0 Å². The van der Waals surface area contributed by atoms with Crippen LogP contribution in [0.15, 0.2) is 53.3 Å². The van der Waals surface area contributed by atoms with Gasteiger partial charge in [-0.2, -0.15) is 0 Å². The molecule has 0 aromatic heterocycles. The van der Waals surface area contributed by atoms with E-state index in [9.17, 15) is 4.79 Å². The Morgan fingerprint density at radius 3 is 2.65 bits per heavy atom. The van der Waals surface area contributed by atoms with Gasteiger partial charge in [0.15, 0.2) is 0 Å². The van der Waals surface area contributed by atoms with Gasteiger partial charge in [-0.3, -0.25) is 4.79 Å². The van der Waals surface area contributed by atoms with E-state index in [1.807, 2.05) is 6.07 Å². The zero-order valence-electron chi connectivity index (χ0n) is 19.7. The fourth-order valence-electron chi connectivity index (χ4n) is 5.77. The number of hydrogen-bond donors (Lipinski definition) is 1. The molecule has 2 aliphatic carbocycles. The molecule has 166 valence electrons. The molecule has 4 rings (SSSR count). The number of nitrogens with one attached hydrogen (secondary N) is 1. The third kappa shape index (κ3) is 4.51. The number of ether oxygens (including phenoxy) is 1. The Morgan fingerprint density at radius 1 is 1.10 bits per heavy atom. The quantitative estimate of drug-likeness (QED) is 0.589. The number of benzene rings is 1. The molecule has 0 radical (unpaired) electrons. The number of carbonyl (C=O) groups excluding carboxylic acids is 1. The van der Waals surface area contributed by atoms with Crippen molar-refractivity contribution in [2.75, 3.05) is 7.11 Å². The molecule has 1 aliphatic heterocycles. The molecule has 1 N–H and O–H groups in total. The van der Waals surface area contributed by atoms with Gasteiger partial charge in [-0.05, 0) is 85.1 Å². The molecular weight excluding hydrogens is 382 g/mol. The van der Waals surface area contributed by atoms with Gasteiger partial charge in [-0.15, -0.1) is 0 Å². The Balaban J connectivity index is 1.59. The van der Waals surface area contributed by atoms with Crippen LogP contribution < -0.4 is 5.32 Å². The Bertz CT molecular complexity index is 938. The van der Waals surface area contributed by atoms with Gasteiger partial charge >= 0.3 is 0 Å². The summed E-state index contributed by atoms with van der Waals surface area (Å²) in [5, 5.41) is 2.95. The van der Waals surface area contributed by atoms with Crippen LogP contribution in [0.4, 0.5) is 0 Å².